The summed E-state index contributed by atoms with van der Waals surface area (Å²) in [6.07, 6.45) is 1.30. The van der Waals surface area contributed by atoms with Crippen LogP contribution in [0.3, 0.4) is 0 Å². The van der Waals surface area contributed by atoms with Crippen molar-refractivity contribution in [2.45, 2.75) is 43.7 Å². The fraction of sp³-hybridized carbons (Fsp3) is 0.429. The monoisotopic (exact) mass is 306 g/mol. The second-order valence-electron chi connectivity index (χ2n) is 4.67. The Morgan fingerprint density at radius 2 is 2.05 bits per heavy atom. The van der Waals surface area contributed by atoms with E-state index in [0.717, 1.165) is 22.0 Å². The van der Waals surface area contributed by atoms with Gasteiger partial charge in [0.1, 0.15) is 10.1 Å². The molecule has 21 heavy (non-hydrogen) atoms. The summed E-state index contributed by atoms with van der Waals surface area (Å²) in [6, 6.07) is 1.90. The molecule has 0 radical (unpaired) electrons. The van der Waals surface area contributed by atoms with E-state index in [1.54, 1.807) is 4.68 Å². The van der Waals surface area contributed by atoms with Gasteiger partial charge in [-0.1, -0.05) is 13.8 Å². The number of aromatic carboxylic acids is 1. The van der Waals surface area contributed by atoms with Gasteiger partial charge in [0, 0.05) is 7.05 Å². The molecule has 0 bridgehead atoms. The Morgan fingerprint density at radius 1 is 1.33 bits per heavy atom. The molecule has 2 rings (SSSR count). The topological polar surface area (TPSA) is 80.9 Å². The molecule has 6 nitrogen and oxygen atoms in total. The van der Waals surface area contributed by atoms with Gasteiger partial charge in [-0.15, -0.1) is 5.10 Å². The fourth-order valence-corrected chi connectivity index (χ4v) is 3.22. The number of aryl methyl sites for hydroxylation is 3. The summed E-state index contributed by atoms with van der Waals surface area (Å²) in [4.78, 5) is 11.6. The highest BCUT2D eigenvalue weighted by atomic mass is 32.2. The molecule has 0 fully saturated rings. The van der Waals surface area contributed by atoms with Crippen LogP contribution < -0.4 is 0 Å². The van der Waals surface area contributed by atoms with E-state index >= 15 is 0 Å². The smallest absolute Gasteiger partial charge is 0.338 e. The molecular weight excluding hydrogens is 288 g/mol. The average Bonchev–Trinajstić information content (AvgIpc) is 2.75. The lowest BCUT2D eigenvalue weighted by atomic mass is 10.0. The van der Waals surface area contributed by atoms with Gasteiger partial charge < -0.3 is 5.11 Å². The third-order valence-electron chi connectivity index (χ3n) is 3.19. The Hall–Kier alpha value is -1.89. The minimum atomic E-state index is -0.960. The van der Waals surface area contributed by atoms with Gasteiger partial charge in [-0.3, -0.25) is 4.68 Å². The van der Waals surface area contributed by atoms with Gasteiger partial charge in [0.05, 0.1) is 17.0 Å². The largest absolute Gasteiger partial charge is 0.478 e. The van der Waals surface area contributed by atoms with E-state index in [1.165, 1.54) is 11.8 Å². The minimum Gasteiger partial charge on any atom is -0.478 e. The van der Waals surface area contributed by atoms with E-state index in [-0.39, 0.29) is 5.56 Å². The third kappa shape index (κ3) is 3.07. The van der Waals surface area contributed by atoms with Crippen LogP contribution in [0, 0.1) is 6.92 Å². The maximum absolute atomic E-state index is 11.6. The van der Waals surface area contributed by atoms with Gasteiger partial charge in [0.2, 0.25) is 0 Å². The van der Waals surface area contributed by atoms with Gasteiger partial charge >= 0.3 is 5.97 Å². The van der Waals surface area contributed by atoms with E-state index in [1.807, 2.05) is 33.9 Å². The SMILES string of the molecule is CCc1nnc(Sc2cc(C)nn2C)c(C(=O)O)c1CC. The molecule has 0 saturated carbocycles. The number of hydrogen-bond acceptors (Lipinski definition) is 5. The van der Waals surface area contributed by atoms with Crippen molar-refractivity contribution in [3.05, 3.63) is 28.6 Å². The summed E-state index contributed by atoms with van der Waals surface area (Å²) in [5.74, 6) is -0.960. The van der Waals surface area contributed by atoms with Crippen molar-refractivity contribution in [1.29, 1.82) is 0 Å². The molecule has 112 valence electrons. The highest BCUT2D eigenvalue weighted by Crippen LogP contribution is 2.31. The van der Waals surface area contributed by atoms with Crippen molar-refractivity contribution in [1.82, 2.24) is 20.0 Å². The Labute approximate surface area is 127 Å². The Kier molecular flexibility index (Phi) is 4.62. The zero-order valence-electron chi connectivity index (χ0n) is 12.5. The second-order valence-corrected chi connectivity index (χ2v) is 5.68. The van der Waals surface area contributed by atoms with E-state index in [4.69, 9.17) is 0 Å². The van der Waals surface area contributed by atoms with Gasteiger partial charge in [-0.25, -0.2) is 4.79 Å². The summed E-state index contributed by atoms with van der Waals surface area (Å²) < 4.78 is 1.71. The first-order valence-electron chi connectivity index (χ1n) is 6.78. The van der Waals surface area contributed by atoms with Crippen LogP contribution in [0.2, 0.25) is 0 Å². The van der Waals surface area contributed by atoms with Crippen molar-refractivity contribution in [3.8, 4) is 0 Å². The van der Waals surface area contributed by atoms with Crippen molar-refractivity contribution >= 4 is 17.7 Å². The number of carboxylic acids is 1. The molecule has 2 aromatic heterocycles. The summed E-state index contributed by atoms with van der Waals surface area (Å²) in [5, 5.41) is 23.4. The Balaban J connectivity index is 2.53. The van der Waals surface area contributed by atoms with E-state index in [2.05, 4.69) is 15.3 Å². The first-order valence-corrected chi connectivity index (χ1v) is 7.59. The van der Waals surface area contributed by atoms with Gasteiger partial charge in [0.15, 0.2) is 0 Å². The van der Waals surface area contributed by atoms with Crippen LogP contribution in [0.5, 0.6) is 0 Å². The maximum Gasteiger partial charge on any atom is 0.338 e. The van der Waals surface area contributed by atoms with Gasteiger partial charge in [0.25, 0.3) is 0 Å². The summed E-state index contributed by atoms with van der Waals surface area (Å²) in [6.45, 7) is 5.78. The molecule has 0 aliphatic rings. The second kappa shape index (κ2) is 6.26. The number of carbonyl (C=O) groups is 1. The van der Waals surface area contributed by atoms with E-state index in [0.29, 0.717) is 17.9 Å². The Bertz CT molecular complexity index is 682. The van der Waals surface area contributed by atoms with Crippen molar-refractivity contribution in [2.24, 2.45) is 7.05 Å². The number of rotatable bonds is 5. The molecule has 0 aromatic carbocycles. The van der Waals surface area contributed by atoms with Crippen molar-refractivity contribution in [2.75, 3.05) is 0 Å². The van der Waals surface area contributed by atoms with Crippen LogP contribution in [0.1, 0.15) is 41.2 Å². The molecule has 2 aromatic rings. The van der Waals surface area contributed by atoms with Crippen LogP contribution in [0.25, 0.3) is 0 Å². The number of nitrogens with zero attached hydrogens (tertiary/aromatic N) is 4. The molecule has 0 aliphatic heterocycles. The maximum atomic E-state index is 11.6. The van der Waals surface area contributed by atoms with Crippen molar-refractivity contribution in [3.63, 3.8) is 0 Å². The number of carboxylic acid groups (broad SMARTS) is 1. The van der Waals surface area contributed by atoms with Crippen LogP contribution in [0.4, 0.5) is 0 Å². The Morgan fingerprint density at radius 3 is 2.52 bits per heavy atom. The van der Waals surface area contributed by atoms with Crippen LogP contribution in [-0.2, 0) is 19.9 Å². The highest BCUT2D eigenvalue weighted by molar-refractivity contribution is 7.99. The van der Waals surface area contributed by atoms with Crippen molar-refractivity contribution < 1.29 is 9.90 Å². The molecular formula is C14H18N4O2S. The molecule has 1 N–H and O–H groups in total. The van der Waals surface area contributed by atoms with Gasteiger partial charge in [-0.05, 0) is 43.2 Å². The first kappa shape index (κ1) is 15.5. The quantitative estimate of drug-likeness (QED) is 0.914. The molecule has 0 saturated heterocycles. The average molecular weight is 306 g/mol. The summed E-state index contributed by atoms with van der Waals surface area (Å²) in [7, 11) is 1.82. The lowest BCUT2D eigenvalue weighted by molar-refractivity contribution is 0.0690. The fourth-order valence-electron chi connectivity index (χ4n) is 2.23. The molecule has 0 amide bonds. The predicted octanol–water partition coefficient (Wildman–Crippen LogP) is 2.49. The number of hydrogen-bond donors (Lipinski definition) is 1. The molecule has 0 aliphatic carbocycles. The first-order chi connectivity index (χ1) is 9.97. The molecule has 2 heterocycles. The van der Waals surface area contributed by atoms with Gasteiger partial charge in [-0.2, -0.15) is 10.2 Å². The minimum absolute atomic E-state index is 0.258. The van der Waals surface area contributed by atoms with E-state index < -0.39 is 5.97 Å². The highest BCUT2D eigenvalue weighted by Gasteiger charge is 2.22. The van der Waals surface area contributed by atoms with E-state index in [9.17, 15) is 9.90 Å². The number of aromatic nitrogens is 4. The lowest BCUT2D eigenvalue weighted by Gasteiger charge is -2.11. The molecule has 7 heteroatoms. The summed E-state index contributed by atoms with van der Waals surface area (Å²) >= 11 is 1.28. The lowest BCUT2D eigenvalue weighted by Crippen LogP contribution is -2.11. The predicted molar refractivity (Wildman–Crippen MR) is 79.8 cm³/mol. The molecule has 0 atom stereocenters. The van der Waals surface area contributed by atoms with Crippen LogP contribution in [-0.4, -0.2) is 31.1 Å². The summed E-state index contributed by atoms with van der Waals surface area (Å²) in [5.41, 5.74) is 2.65. The zero-order valence-corrected chi connectivity index (χ0v) is 13.4. The van der Waals surface area contributed by atoms with Crippen LogP contribution >= 0.6 is 11.8 Å². The normalized spacial score (nSPS) is 10.9. The molecule has 0 spiro atoms. The molecule has 0 unspecified atom stereocenters. The van der Waals surface area contributed by atoms with Crippen LogP contribution in [0.15, 0.2) is 16.1 Å². The zero-order chi connectivity index (χ0) is 15.6. The third-order valence-corrected chi connectivity index (χ3v) is 4.26. The standard InChI is InChI=1S/C14H18N4O2S/c1-5-9-10(6-2)15-16-13(12(9)14(19)20)21-11-7-8(3)17-18(11)4/h7H,5-6H2,1-4H3,(H,19,20).